The maximum Gasteiger partial charge on any atom is 0.252 e. The Kier molecular flexibility index (Phi) is 6.65. The van der Waals surface area contributed by atoms with Crippen LogP contribution in [0.4, 0.5) is 11.5 Å². The van der Waals surface area contributed by atoms with Crippen LogP contribution in [-0.4, -0.2) is 37.0 Å². The Bertz CT molecular complexity index is 1100. The summed E-state index contributed by atoms with van der Waals surface area (Å²) < 4.78 is 5.37. The Morgan fingerprint density at radius 2 is 1.94 bits per heavy atom. The Morgan fingerprint density at radius 3 is 2.75 bits per heavy atom. The maximum atomic E-state index is 12.7. The number of ether oxygens (including phenoxy) is 1. The van der Waals surface area contributed by atoms with Crippen molar-refractivity contribution in [2.45, 2.75) is 19.4 Å². The molecular formula is C25H26N4O3. The second-order valence-corrected chi connectivity index (χ2v) is 7.58. The van der Waals surface area contributed by atoms with Crippen molar-refractivity contribution in [3.8, 4) is 5.75 Å². The zero-order chi connectivity index (χ0) is 22.3. The van der Waals surface area contributed by atoms with Crippen molar-refractivity contribution in [2.24, 2.45) is 0 Å². The molecule has 0 radical (unpaired) electrons. The number of methoxy groups -OCH3 is 1. The highest BCUT2D eigenvalue weighted by molar-refractivity contribution is 6.04. The van der Waals surface area contributed by atoms with Crippen LogP contribution in [0.15, 0.2) is 66.9 Å². The quantitative estimate of drug-likeness (QED) is 0.535. The van der Waals surface area contributed by atoms with Gasteiger partial charge in [-0.05, 0) is 36.1 Å². The number of nitrogens with one attached hydrogen (secondary N) is 2. The number of benzene rings is 2. The molecule has 2 amide bonds. The number of anilines is 2. The predicted octanol–water partition coefficient (Wildman–Crippen LogP) is 3.41. The Hall–Kier alpha value is -3.87. The molecule has 0 bridgehead atoms. The van der Waals surface area contributed by atoms with Gasteiger partial charge in [-0.2, -0.15) is 0 Å². The molecule has 2 aromatic carbocycles. The number of rotatable bonds is 8. The van der Waals surface area contributed by atoms with E-state index in [0.29, 0.717) is 30.2 Å². The molecule has 7 nitrogen and oxygen atoms in total. The van der Waals surface area contributed by atoms with Gasteiger partial charge >= 0.3 is 0 Å². The van der Waals surface area contributed by atoms with Gasteiger partial charge in [-0.1, -0.05) is 48.5 Å². The minimum absolute atomic E-state index is 0.0579. The lowest BCUT2D eigenvalue weighted by Gasteiger charge is -2.29. The van der Waals surface area contributed by atoms with Gasteiger partial charge in [-0.15, -0.1) is 0 Å². The third kappa shape index (κ3) is 4.88. The van der Waals surface area contributed by atoms with Crippen LogP contribution in [0.5, 0.6) is 5.75 Å². The summed E-state index contributed by atoms with van der Waals surface area (Å²) in [5.41, 5.74) is 3.17. The zero-order valence-corrected chi connectivity index (χ0v) is 18.0. The first-order chi connectivity index (χ1) is 15.7. The van der Waals surface area contributed by atoms with Gasteiger partial charge in [0.05, 0.1) is 31.5 Å². The van der Waals surface area contributed by atoms with E-state index in [9.17, 15) is 9.59 Å². The fourth-order valence-electron chi connectivity index (χ4n) is 3.74. The zero-order valence-electron chi connectivity index (χ0n) is 18.0. The van der Waals surface area contributed by atoms with E-state index in [4.69, 9.17) is 4.74 Å². The molecule has 7 heteroatoms. The number of hydrogen-bond donors (Lipinski definition) is 2. The van der Waals surface area contributed by atoms with Crippen LogP contribution >= 0.6 is 0 Å². The van der Waals surface area contributed by atoms with E-state index >= 15 is 0 Å². The van der Waals surface area contributed by atoms with E-state index in [1.165, 1.54) is 6.20 Å². The lowest BCUT2D eigenvalue weighted by Crippen LogP contribution is -2.40. The van der Waals surface area contributed by atoms with Gasteiger partial charge in [0.2, 0.25) is 5.91 Å². The number of carbonyl (C=O) groups is 2. The van der Waals surface area contributed by atoms with Crippen molar-refractivity contribution in [1.82, 2.24) is 10.3 Å². The fourth-order valence-corrected chi connectivity index (χ4v) is 3.74. The average molecular weight is 431 g/mol. The van der Waals surface area contributed by atoms with Crippen molar-refractivity contribution in [1.29, 1.82) is 0 Å². The number of aryl methyl sites for hydroxylation is 1. The average Bonchev–Trinajstić information content (AvgIpc) is 2.84. The summed E-state index contributed by atoms with van der Waals surface area (Å²) in [5.74, 6) is 1.19. The number of carbonyl (C=O) groups excluding carboxylic acids is 2. The van der Waals surface area contributed by atoms with Crippen LogP contribution in [0, 0.1) is 0 Å². The number of pyridine rings is 1. The smallest absolute Gasteiger partial charge is 0.252 e. The predicted molar refractivity (Wildman–Crippen MR) is 124 cm³/mol. The highest BCUT2D eigenvalue weighted by Gasteiger charge is 2.26. The van der Waals surface area contributed by atoms with Crippen LogP contribution in [0.3, 0.4) is 0 Å². The number of hydrogen-bond acceptors (Lipinski definition) is 5. The minimum Gasteiger partial charge on any atom is -0.496 e. The van der Waals surface area contributed by atoms with Gasteiger partial charge in [0.15, 0.2) is 5.82 Å². The SMILES string of the molecule is COc1ccccc1CCCNC(=O)c1cnc2c(c1)N(Cc1ccccc1)C(=O)CN2. The molecule has 1 aromatic heterocycles. The topological polar surface area (TPSA) is 83.6 Å². The summed E-state index contributed by atoms with van der Waals surface area (Å²) in [4.78, 5) is 31.3. The number of fused-ring (bicyclic) bond motifs is 1. The fraction of sp³-hybridized carbons (Fsp3) is 0.240. The lowest BCUT2D eigenvalue weighted by atomic mass is 10.1. The molecule has 2 heterocycles. The van der Waals surface area contributed by atoms with Crippen molar-refractivity contribution in [2.75, 3.05) is 30.4 Å². The molecule has 0 spiro atoms. The molecule has 0 saturated carbocycles. The number of aromatic nitrogens is 1. The van der Waals surface area contributed by atoms with Crippen molar-refractivity contribution < 1.29 is 14.3 Å². The first-order valence-corrected chi connectivity index (χ1v) is 10.6. The molecule has 4 rings (SSSR count). The second kappa shape index (κ2) is 9.96. The summed E-state index contributed by atoms with van der Waals surface area (Å²) in [6.07, 6.45) is 3.12. The molecule has 32 heavy (non-hydrogen) atoms. The lowest BCUT2D eigenvalue weighted by molar-refractivity contribution is -0.117. The van der Waals surface area contributed by atoms with Crippen LogP contribution < -0.4 is 20.3 Å². The van der Waals surface area contributed by atoms with Gasteiger partial charge in [-0.3, -0.25) is 9.59 Å². The Labute approximate surface area is 187 Å². The van der Waals surface area contributed by atoms with E-state index in [-0.39, 0.29) is 18.4 Å². The summed E-state index contributed by atoms with van der Waals surface area (Å²) in [5, 5.41) is 5.98. The molecule has 0 fully saturated rings. The van der Waals surface area contributed by atoms with Crippen molar-refractivity contribution in [3.05, 3.63) is 83.6 Å². The van der Waals surface area contributed by atoms with Crippen molar-refractivity contribution >= 4 is 23.3 Å². The molecule has 164 valence electrons. The van der Waals surface area contributed by atoms with Crippen LogP contribution in [-0.2, 0) is 17.8 Å². The standard InChI is InChI=1S/C25H26N4O3/c1-32-22-12-6-5-10-19(22)11-7-13-26-25(31)20-14-21-24(27-15-20)28-16-23(30)29(21)17-18-8-3-2-4-9-18/h2-6,8-10,12,14-15H,7,11,13,16-17H2,1H3,(H,26,31)(H,27,28). The molecule has 0 saturated heterocycles. The molecule has 1 aliphatic rings. The molecule has 1 aliphatic heterocycles. The third-order valence-electron chi connectivity index (χ3n) is 5.41. The molecule has 2 N–H and O–H groups in total. The molecular weight excluding hydrogens is 404 g/mol. The van der Waals surface area contributed by atoms with Gasteiger partial charge in [0.1, 0.15) is 5.75 Å². The van der Waals surface area contributed by atoms with Crippen LogP contribution in [0.2, 0.25) is 0 Å². The van der Waals surface area contributed by atoms with Crippen molar-refractivity contribution in [3.63, 3.8) is 0 Å². The third-order valence-corrected chi connectivity index (χ3v) is 5.41. The highest BCUT2D eigenvalue weighted by Crippen LogP contribution is 2.29. The first kappa shape index (κ1) is 21.4. The molecule has 0 aliphatic carbocycles. The summed E-state index contributed by atoms with van der Waals surface area (Å²) in [7, 11) is 1.66. The van der Waals surface area contributed by atoms with E-state index in [2.05, 4.69) is 15.6 Å². The maximum absolute atomic E-state index is 12.7. The summed E-state index contributed by atoms with van der Waals surface area (Å²) >= 11 is 0. The second-order valence-electron chi connectivity index (χ2n) is 7.58. The molecule has 0 atom stereocenters. The number of amides is 2. The normalized spacial score (nSPS) is 12.7. The highest BCUT2D eigenvalue weighted by atomic mass is 16.5. The number of nitrogens with zero attached hydrogens (tertiary/aromatic N) is 2. The summed E-state index contributed by atoms with van der Waals surface area (Å²) in [6, 6.07) is 19.4. The van der Waals surface area contributed by atoms with E-state index in [0.717, 1.165) is 29.7 Å². The van der Waals surface area contributed by atoms with Gasteiger partial charge in [-0.25, -0.2) is 4.98 Å². The largest absolute Gasteiger partial charge is 0.496 e. The molecule has 3 aromatic rings. The Balaban J connectivity index is 1.41. The van der Waals surface area contributed by atoms with E-state index in [1.807, 2.05) is 54.6 Å². The summed E-state index contributed by atoms with van der Waals surface area (Å²) in [6.45, 7) is 1.14. The monoisotopic (exact) mass is 430 g/mol. The van der Waals surface area contributed by atoms with Crippen LogP contribution in [0.25, 0.3) is 0 Å². The van der Waals surface area contributed by atoms with E-state index in [1.54, 1.807) is 18.1 Å². The Morgan fingerprint density at radius 1 is 1.16 bits per heavy atom. The van der Waals surface area contributed by atoms with Gasteiger partial charge in [0, 0.05) is 12.7 Å². The van der Waals surface area contributed by atoms with Gasteiger partial charge in [0.25, 0.3) is 5.91 Å². The van der Waals surface area contributed by atoms with Gasteiger partial charge < -0.3 is 20.3 Å². The number of para-hydroxylation sites is 1. The van der Waals surface area contributed by atoms with Crippen LogP contribution in [0.1, 0.15) is 27.9 Å². The van der Waals surface area contributed by atoms with E-state index < -0.39 is 0 Å². The first-order valence-electron chi connectivity index (χ1n) is 10.6. The minimum atomic E-state index is -0.210. The molecule has 0 unspecified atom stereocenters.